The maximum atomic E-state index is 11.1. The van der Waals surface area contributed by atoms with Gasteiger partial charge in [0.1, 0.15) is 12.0 Å². The molecule has 0 amide bonds. The van der Waals surface area contributed by atoms with E-state index in [4.69, 9.17) is 0 Å². The van der Waals surface area contributed by atoms with Crippen LogP contribution >= 0.6 is 0 Å². The fraction of sp³-hybridized carbons (Fsp3) is 0.393. The number of carbonyl (C=O) groups is 1. The SMILES string of the molecule is C/C=C\C(=C/C)C1CCc2cc(O)ccc2C1c1ccc(N2CCC(C=O)CC2)cc1. The number of aryl methyl sites for hydroxylation is 1. The number of nitrogens with zero attached hydrogens (tertiary/aromatic N) is 1. The number of fused-ring (bicyclic) bond motifs is 1. The molecule has 3 heteroatoms. The van der Waals surface area contributed by atoms with Crippen molar-refractivity contribution in [2.45, 2.75) is 45.4 Å². The van der Waals surface area contributed by atoms with Crippen molar-refractivity contribution in [3.05, 3.63) is 83.0 Å². The number of hydrogen-bond donors (Lipinski definition) is 1. The summed E-state index contributed by atoms with van der Waals surface area (Å²) in [6.45, 7) is 6.10. The normalized spacial score (nSPS) is 22.5. The number of aldehydes is 1. The number of carbonyl (C=O) groups excluding carboxylic acids is 1. The molecule has 0 saturated carbocycles. The van der Waals surface area contributed by atoms with E-state index in [0.717, 1.165) is 45.1 Å². The van der Waals surface area contributed by atoms with Crippen LogP contribution in [0.4, 0.5) is 5.69 Å². The summed E-state index contributed by atoms with van der Waals surface area (Å²) in [5, 5.41) is 10.0. The van der Waals surface area contributed by atoms with Gasteiger partial charge in [-0.3, -0.25) is 0 Å². The van der Waals surface area contributed by atoms with Crippen LogP contribution in [0.3, 0.4) is 0 Å². The molecule has 1 aliphatic carbocycles. The average Bonchev–Trinajstić information content (AvgIpc) is 2.82. The van der Waals surface area contributed by atoms with Gasteiger partial charge >= 0.3 is 0 Å². The van der Waals surface area contributed by atoms with Gasteiger partial charge in [-0.15, -0.1) is 0 Å². The second-order valence-corrected chi connectivity index (χ2v) is 8.85. The summed E-state index contributed by atoms with van der Waals surface area (Å²) in [5.74, 6) is 1.27. The van der Waals surface area contributed by atoms with Crippen molar-refractivity contribution >= 4 is 12.0 Å². The predicted octanol–water partition coefficient (Wildman–Crippen LogP) is 6.02. The van der Waals surface area contributed by atoms with Gasteiger partial charge in [0.15, 0.2) is 0 Å². The Kier molecular flexibility index (Phi) is 6.60. The zero-order valence-corrected chi connectivity index (χ0v) is 18.6. The lowest BCUT2D eigenvalue weighted by Gasteiger charge is -2.36. The number of phenols is 1. The summed E-state index contributed by atoms with van der Waals surface area (Å²) in [7, 11) is 0. The first-order chi connectivity index (χ1) is 15.1. The second-order valence-electron chi connectivity index (χ2n) is 8.85. The molecule has 162 valence electrons. The van der Waals surface area contributed by atoms with Crippen LogP contribution in [-0.4, -0.2) is 24.5 Å². The molecule has 4 rings (SSSR count). The molecule has 2 unspecified atom stereocenters. The molecule has 31 heavy (non-hydrogen) atoms. The summed E-state index contributed by atoms with van der Waals surface area (Å²) in [4.78, 5) is 13.5. The van der Waals surface area contributed by atoms with E-state index in [0.29, 0.717) is 11.7 Å². The number of piperidine rings is 1. The van der Waals surface area contributed by atoms with Gasteiger partial charge in [0.2, 0.25) is 0 Å². The van der Waals surface area contributed by atoms with E-state index in [9.17, 15) is 9.90 Å². The van der Waals surface area contributed by atoms with Crippen molar-refractivity contribution in [2.24, 2.45) is 11.8 Å². The first-order valence-electron chi connectivity index (χ1n) is 11.6. The highest BCUT2D eigenvalue weighted by Gasteiger charge is 2.32. The molecule has 1 saturated heterocycles. The van der Waals surface area contributed by atoms with Crippen LogP contribution < -0.4 is 4.90 Å². The van der Waals surface area contributed by atoms with Gasteiger partial charge in [-0.05, 0) is 92.0 Å². The summed E-state index contributed by atoms with van der Waals surface area (Å²) >= 11 is 0. The molecule has 3 nitrogen and oxygen atoms in total. The Morgan fingerprint density at radius 3 is 2.42 bits per heavy atom. The third-order valence-electron chi connectivity index (χ3n) is 7.06. The van der Waals surface area contributed by atoms with Gasteiger partial charge in [-0.2, -0.15) is 0 Å². The monoisotopic (exact) mass is 415 g/mol. The van der Waals surface area contributed by atoms with E-state index < -0.39 is 0 Å². The van der Waals surface area contributed by atoms with Crippen molar-refractivity contribution in [1.29, 1.82) is 0 Å². The molecule has 2 atom stereocenters. The molecule has 1 N–H and O–H groups in total. The highest BCUT2D eigenvalue weighted by molar-refractivity contribution is 5.56. The Morgan fingerprint density at radius 2 is 1.77 bits per heavy atom. The zero-order valence-electron chi connectivity index (χ0n) is 18.6. The van der Waals surface area contributed by atoms with Gasteiger partial charge in [0.25, 0.3) is 0 Å². The number of allylic oxidation sites excluding steroid dienone is 4. The fourth-order valence-corrected chi connectivity index (χ4v) is 5.39. The first kappa shape index (κ1) is 21.4. The lowest BCUT2D eigenvalue weighted by Crippen LogP contribution is -2.34. The van der Waals surface area contributed by atoms with Crippen LogP contribution in [0.5, 0.6) is 5.75 Å². The number of phenolic OH excluding ortho intramolecular Hbond substituents is 1. The van der Waals surface area contributed by atoms with E-state index in [1.54, 1.807) is 0 Å². The molecule has 1 aliphatic heterocycles. The minimum Gasteiger partial charge on any atom is -0.508 e. The van der Waals surface area contributed by atoms with E-state index in [-0.39, 0.29) is 11.8 Å². The Morgan fingerprint density at radius 1 is 1.03 bits per heavy atom. The van der Waals surface area contributed by atoms with Crippen molar-refractivity contribution < 1.29 is 9.90 Å². The lowest BCUT2D eigenvalue weighted by atomic mass is 9.69. The summed E-state index contributed by atoms with van der Waals surface area (Å²) in [6.07, 6.45) is 11.7. The molecule has 0 bridgehead atoms. The third-order valence-corrected chi connectivity index (χ3v) is 7.06. The summed E-state index contributed by atoms with van der Waals surface area (Å²) < 4.78 is 0. The van der Waals surface area contributed by atoms with E-state index in [1.165, 1.54) is 28.0 Å². The number of benzene rings is 2. The highest BCUT2D eigenvalue weighted by atomic mass is 16.3. The summed E-state index contributed by atoms with van der Waals surface area (Å²) in [6, 6.07) is 14.9. The van der Waals surface area contributed by atoms with Gasteiger partial charge in [-0.1, -0.05) is 36.4 Å². The maximum Gasteiger partial charge on any atom is 0.123 e. The van der Waals surface area contributed by atoms with Crippen molar-refractivity contribution in [1.82, 2.24) is 0 Å². The third kappa shape index (κ3) is 4.46. The van der Waals surface area contributed by atoms with Gasteiger partial charge in [0, 0.05) is 30.6 Å². The molecule has 2 aromatic rings. The van der Waals surface area contributed by atoms with E-state index >= 15 is 0 Å². The Hall–Kier alpha value is -2.81. The summed E-state index contributed by atoms with van der Waals surface area (Å²) in [5.41, 5.74) is 6.54. The first-order valence-corrected chi connectivity index (χ1v) is 11.6. The second kappa shape index (κ2) is 9.55. The number of aromatic hydroxyl groups is 1. The van der Waals surface area contributed by atoms with Crippen LogP contribution in [-0.2, 0) is 11.2 Å². The average molecular weight is 416 g/mol. The number of rotatable bonds is 5. The Bertz CT molecular complexity index is 965. The van der Waals surface area contributed by atoms with Crippen molar-refractivity contribution in [2.75, 3.05) is 18.0 Å². The topological polar surface area (TPSA) is 40.5 Å². The van der Waals surface area contributed by atoms with Crippen LogP contribution in [0.15, 0.2) is 66.3 Å². The van der Waals surface area contributed by atoms with E-state index in [1.807, 2.05) is 12.1 Å². The molecular formula is C28H33NO2. The van der Waals surface area contributed by atoms with Gasteiger partial charge in [-0.25, -0.2) is 0 Å². The maximum absolute atomic E-state index is 11.1. The molecule has 2 aromatic carbocycles. The molecule has 1 fully saturated rings. The van der Waals surface area contributed by atoms with Crippen LogP contribution in [0.1, 0.15) is 55.7 Å². The quantitative estimate of drug-likeness (QED) is 0.479. The predicted molar refractivity (Wildman–Crippen MR) is 128 cm³/mol. The smallest absolute Gasteiger partial charge is 0.123 e. The molecule has 0 aromatic heterocycles. The lowest BCUT2D eigenvalue weighted by molar-refractivity contribution is -0.111. The number of hydrogen-bond acceptors (Lipinski definition) is 3. The van der Waals surface area contributed by atoms with E-state index in [2.05, 4.69) is 67.3 Å². The van der Waals surface area contributed by atoms with Crippen LogP contribution in [0, 0.1) is 11.8 Å². The zero-order chi connectivity index (χ0) is 21.8. The van der Waals surface area contributed by atoms with Gasteiger partial charge in [0.05, 0.1) is 0 Å². The van der Waals surface area contributed by atoms with Crippen molar-refractivity contribution in [3.63, 3.8) is 0 Å². The minimum absolute atomic E-state index is 0.220. The molecule has 2 aliphatic rings. The number of anilines is 1. The fourth-order valence-electron chi connectivity index (χ4n) is 5.39. The Balaban J connectivity index is 1.66. The highest BCUT2D eigenvalue weighted by Crippen LogP contribution is 2.45. The van der Waals surface area contributed by atoms with Crippen LogP contribution in [0.2, 0.25) is 0 Å². The minimum atomic E-state index is 0.220. The molecule has 0 radical (unpaired) electrons. The van der Waals surface area contributed by atoms with Crippen LogP contribution in [0.25, 0.3) is 0 Å². The largest absolute Gasteiger partial charge is 0.508 e. The molecule has 0 spiro atoms. The molecular weight excluding hydrogens is 382 g/mol. The Labute approximate surface area is 186 Å². The van der Waals surface area contributed by atoms with Gasteiger partial charge < -0.3 is 14.8 Å². The molecule has 1 heterocycles. The van der Waals surface area contributed by atoms with Crippen molar-refractivity contribution in [3.8, 4) is 5.75 Å². The standard InChI is InChI=1S/C28H33NO2/c1-3-5-21(4-2)26-12-8-23-18-25(31)11-13-27(23)28(26)22-6-9-24(10-7-22)29-16-14-20(19-30)15-17-29/h3-7,9-11,13,18-20,26,28,31H,8,12,14-17H2,1-2H3/b5-3-,21-4+.